The van der Waals surface area contributed by atoms with Crippen LogP contribution in [-0.2, 0) is 0 Å². The minimum Gasteiger partial charge on any atom is -0.0616 e. The van der Waals surface area contributed by atoms with Crippen LogP contribution in [0.2, 0.25) is 0 Å². The summed E-state index contributed by atoms with van der Waals surface area (Å²) in [4.78, 5) is 0. The summed E-state index contributed by atoms with van der Waals surface area (Å²) < 4.78 is 0. The van der Waals surface area contributed by atoms with E-state index < -0.39 is 0 Å². The molecule has 0 radical (unpaired) electrons. The van der Waals surface area contributed by atoms with Crippen molar-refractivity contribution in [2.75, 3.05) is 0 Å². The van der Waals surface area contributed by atoms with E-state index in [2.05, 4.69) is 97.9 Å². The number of hydrogen-bond donors (Lipinski definition) is 0. The van der Waals surface area contributed by atoms with E-state index in [1.54, 1.807) is 0 Å². The molecule has 0 heteroatoms. The first-order chi connectivity index (χ1) is 15.3. The van der Waals surface area contributed by atoms with Gasteiger partial charge in [-0.3, -0.25) is 0 Å². The van der Waals surface area contributed by atoms with E-state index in [0.29, 0.717) is 0 Å². The lowest BCUT2D eigenvalue weighted by Crippen LogP contribution is -1.82. The lowest BCUT2D eigenvalue weighted by Gasteiger charge is -2.10. The Bertz CT molecular complexity index is 1990. The molecule has 0 saturated heterocycles. The van der Waals surface area contributed by atoms with Gasteiger partial charge in [-0.05, 0) is 94.5 Å². The first-order valence-corrected chi connectivity index (χ1v) is 11.0. The summed E-state index contributed by atoms with van der Waals surface area (Å²) in [6.45, 7) is 2.19. The van der Waals surface area contributed by atoms with E-state index in [0.717, 1.165) is 0 Å². The van der Waals surface area contributed by atoms with Crippen molar-refractivity contribution >= 4 is 75.4 Å². The van der Waals surface area contributed by atoms with Crippen molar-refractivity contribution in [1.82, 2.24) is 0 Å². The Labute approximate surface area is 179 Å². The third-order valence-electron chi connectivity index (χ3n) is 7.38. The van der Waals surface area contributed by atoms with Gasteiger partial charge in [-0.25, -0.2) is 0 Å². The topological polar surface area (TPSA) is 0 Å². The van der Waals surface area contributed by atoms with Gasteiger partial charge in [-0.1, -0.05) is 84.4 Å². The maximum atomic E-state index is 2.46. The van der Waals surface area contributed by atoms with Crippen LogP contribution >= 0.6 is 0 Å². The Morgan fingerprint density at radius 2 is 0.742 bits per heavy atom. The molecule has 0 saturated carbocycles. The third-order valence-corrected chi connectivity index (χ3v) is 7.38. The zero-order chi connectivity index (χ0) is 20.3. The monoisotopic (exact) mass is 390 g/mol. The number of hydrogen-bond acceptors (Lipinski definition) is 0. The smallest absolute Gasteiger partial charge is 0.00199 e. The third kappa shape index (κ3) is 1.79. The number of rotatable bonds is 0. The van der Waals surface area contributed by atoms with Crippen LogP contribution in [0, 0.1) is 6.92 Å². The maximum absolute atomic E-state index is 2.46. The minimum atomic E-state index is 1.32. The second kappa shape index (κ2) is 5.22. The predicted octanol–water partition coefficient (Wildman–Crippen LogP) is 8.94. The van der Waals surface area contributed by atoms with Gasteiger partial charge in [-0.15, -0.1) is 0 Å². The van der Waals surface area contributed by atoms with Gasteiger partial charge >= 0.3 is 0 Å². The highest BCUT2D eigenvalue weighted by Crippen LogP contribution is 2.47. The summed E-state index contributed by atoms with van der Waals surface area (Å²) >= 11 is 0. The molecule has 0 N–H and O–H groups in total. The Morgan fingerprint density at radius 3 is 1.35 bits per heavy atom. The summed E-state index contributed by atoms with van der Waals surface area (Å²) in [6.07, 6.45) is 0. The van der Waals surface area contributed by atoms with Crippen LogP contribution in [0.5, 0.6) is 0 Å². The minimum absolute atomic E-state index is 1.32. The van der Waals surface area contributed by atoms with Crippen molar-refractivity contribution in [2.24, 2.45) is 0 Å². The molecule has 0 aliphatic heterocycles. The van der Waals surface area contributed by atoms with Crippen LogP contribution in [0.1, 0.15) is 5.56 Å². The zero-order valence-electron chi connectivity index (χ0n) is 17.2. The van der Waals surface area contributed by atoms with E-state index in [4.69, 9.17) is 0 Å². The van der Waals surface area contributed by atoms with Crippen molar-refractivity contribution in [3.05, 3.63) is 96.6 Å². The molecule has 0 aromatic heterocycles. The first kappa shape index (κ1) is 15.9. The summed E-state index contributed by atoms with van der Waals surface area (Å²) in [5.41, 5.74) is 1.32. The highest BCUT2D eigenvalue weighted by Gasteiger charge is 2.18. The Morgan fingerprint density at radius 1 is 0.323 bits per heavy atom. The molecule has 8 aromatic rings. The van der Waals surface area contributed by atoms with Crippen LogP contribution in [0.3, 0.4) is 0 Å². The van der Waals surface area contributed by atoms with Gasteiger partial charge in [0.05, 0.1) is 0 Å². The van der Waals surface area contributed by atoms with Gasteiger partial charge in [0.15, 0.2) is 0 Å². The molecular formula is C31H18. The summed E-state index contributed by atoms with van der Waals surface area (Å²) in [5.74, 6) is 0. The molecule has 0 aliphatic carbocycles. The Balaban J connectivity index is 1.75. The van der Waals surface area contributed by atoms with E-state index >= 15 is 0 Å². The zero-order valence-corrected chi connectivity index (χ0v) is 17.2. The van der Waals surface area contributed by atoms with Gasteiger partial charge in [0.25, 0.3) is 0 Å². The lowest BCUT2D eigenvalue weighted by molar-refractivity contribution is 1.52. The average molecular weight is 390 g/mol. The van der Waals surface area contributed by atoms with Gasteiger partial charge in [-0.2, -0.15) is 0 Å². The summed E-state index contributed by atoms with van der Waals surface area (Å²) in [5, 5.41) is 19.2. The highest BCUT2D eigenvalue weighted by molar-refractivity contribution is 6.40. The molecular weight excluding hydrogens is 372 g/mol. The van der Waals surface area contributed by atoms with E-state index in [9.17, 15) is 0 Å². The number of fused-ring (bicyclic) bond motifs is 9. The van der Waals surface area contributed by atoms with Crippen molar-refractivity contribution in [3.63, 3.8) is 0 Å². The van der Waals surface area contributed by atoms with Gasteiger partial charge < -0.3 is 0 Å². The molecule has 8 aromatic carbocycles. The lowest BCUT2D eigenvalue weighted by atomic mass is 9.93. The van der Waals surface area contributed by atoms with Crippen LogP contribution in [0.4, 0.5) is 0 Å². The standard InChI is InChI=1S/C31H18/c1-17-12-13-20-22-9-5-11-24-26-15-28-19-7-3-2-6-18(19)21-8-4-10-23(30(21)28)27(26)16-29(31(22)24)25(20)14-17/h2-16H,1H3. The van der Waals surface area contributed by atoms with Crippen LogP contribution in [-0.4, -0.2) is 0 Å². The molecule has 0 aliphatic rings. The second-order valence-corrected chi connectivity index (χ2v) is 8.99. The van der Waals surface area contributed by atoms with E-state index in [1.807, 2.05) is 0 Å². The fraction of sp³-hybridized carbons (Fsp3) is 0.0323. The maximum Gasteiger partial charge on any atom is -0.00199 e. The summed E-state index contributed by atoms with van der Waals surface area (Å²) in [7, 11) is 0. The van der Waals surface area contributed by atoms with Gasteiger partial charge in [0.1, 0.15) is 0 Å². The molecule has 31 heavy (non-hydrogen) atoms. The molecule has 0 spiro atoms. The van der Waals surface area contributed by atoms with Crippen LogP contribution < -0.4 is 0 Å². The second-order valence-electron chi connectivity index (χ2n) is 8.99. The quantitative estimate of drug-likeness (QED) is 0.227. The fourth-order valence-corrected chi connectivity index (χ4v) is 6.11. The van der Waals surface area contributed by atoms with Crippen molar-refractivity contribution in [3.8, 4) is 0 Å². The van der Waals surface area contributed by atoms with Crippen molar-refractivity contribution in [1.29, 1.82) is 0 Å². The van der Waals surface area contributed by atoms with Gasteiger partial charge in [0, 0.05) is 0 Å². The highest BCUT2D eigenvalue weighted by atomic mass is 14.2. The molecule has 8 rings (SSSR count). The van der Waals surface area contributed by atoms with Crippen molar-refractivity contribution in [2.45, 2.75) is 6.92 Å². The molecule has 0 fully saturated rings. The Hall–Kier alpha value is -3.90. The van der Waals surface area contributed by atoms with E-state index in [-0.39, 0.29) is 0 Å². The fourth-order valence-electron chi connectivity index (χ4n) is 6.11. The van der Waals surface area contributed by atoms with E-state index in [1.165, 1.54) is 81.0 Å². The summed E-state index contributed by atoms with van der Waals surface area (Å²) in [6, 6.07) is 34.3. The molecule has 142 valence electrons. The largest absolute Gasteiger partial charge is 0.0616 e. The molecule has 0 nitrogen and oxygen atoms in total. The SMILES string of the molecule is Cc1ccc2c(c1)c1cc3c(cc4c5ccccc5c5cccc3c54)c3cccc2c31. The molecule has 0 heterocycles. The van der Waals surface area contributed by atoms with Crippen LogP contribution in [0.25, 0.3) is 75.4 Å². The Kier molecular flexibility index (Phi) is 2.68. The average Bonchev–Trinajstić information content (AvgIpc) is 3.30. The first-order valence-electron chi connectivity index (χ1n) is 11.0. The van der Waals surface area contributed by atoms with Crippen molar-refractivity contribution < 1.29 is 0 Å². The predicted molar refractivity (Wildman–Crippen MR) is 136 cm³/mol. The van der Waals surface area contributed by atoms with Gasteiger partial charge in [0.2, 0.25) is 0 Å². The molecule has 0 amide bonds. The molecule has 0 bridgehead atoms. The molecule has 0 unspecified atom stereocenters. The number of aryl methyl sites for hydroxylation is 1. The number of benzene rings is 6. The van der Waals surface area contributed by atoms with Crippen LogP contribution in [0.15, 0.2) is 91.0 Å². The molecule has 0 atom stereocenters. The normalized spacial score (nSPS) is 12.7.